The molecule has 1 aliphatic rings. The van der Waals surface area contributed by atoms with Gasteiger partial charge in [0.1, 0.15) is 0 Å². The molecule has 1 aliphatic carbocycles. The van der Waals surface area contributed by atoms with E-state index in [1.54, 1.807) is 5.57 Å². The van der Waals surface area contributed by atoms with Gasteiger partial charge in [0.25, 0.3) is 0 Å². The molecule has 12 heavy (non-hydrogen) atoms. The number of hydrogen-bond donors (Lipinski definition) is 1. The summed E-state index contributed by atoms with van der Waals surface area (Å²) in [5, 5.41) is 8.67. The van der Waals surface area contributed by atoms with Crippen molar-refractivity contribution in [3.8, 4) is 0 Å². The lowest BCUT2D eigenvalue weighted by atomic mass is 9.94. The van der Waals surface area contributed by atoms with Gasteiger partial charge < -0.3 is 5.11 Å². The Morgan fingerprint density at radius 3 is 3.00 bits per heavy atom. The summed E-state index contributed by atoms with van der Waals surface area (Å²) in [5.74, 6) is 0. The fourth-order valence-corrected chi connectivity index (χ4v) is 1.65. The SMILES string of the molecule is C/C(=C\CO)CC1=CCCCC1. The third kappa shape index (κ3) is 3.22. The molecule has 0 atom stereocenters. The summed E-state index contributed by atoms with van der Waals surface area (Å²) in [6.07, 6.45) is 10.5. The van der Waals surface area contributed by atoms with Gasteiger partial charge in [0.15, 0.2) is 0 Å². The summed E-state index contributed by atoms with van der Waals surface area (Å²) in [4.78, 5) is 0. The minimum Gasteiger partial charge on any atom is -0.392 e. The third-order valence-electron chi connectivity index (χ3n) is 2.33. The Balaban J connectivity index is 2.39. The Bertz CT molecular complexity index is 189. The second kappa shape index (κ2) is 5.15. The largest absolute Gasteiger partial charge is 0.392 e. The first-order valence-electron chi connectivity index (χ1n) is 4.77. The van der Waals surface area contributed by atoms with Crippen LogP contribution in [-0.4, -0.2) is 11.7 Å². The quantitative estimate of drug-likeness (QED) is 0.639. The van der Waals surface area contributed by atoms with E-state index in [0.29, 0.717) is 0 Å². The fourth-order valence-electron chi connectivity index (χ4n) is 1.65. The minimum atomic E-state index is 0.180. The van der Waals surface area contributed by atoms with Crippen LogP contribution in [0.1, 0.15) is 39.0 Å². The Morgan fingerprint density at radius 2 is 2.42 bits per heavy atom. The van der Waals surface area contributed by atoms with Crippen LogP contribution >= 0.6 is 0 Å². The van der Waals surface area contributed by atoms with Crippen LogP contribution in [0.4, 0.5) is 0 Å². The number of aliphatic hydroxyl groups is 1. The molecule has 1 N–H and O–H groups in total. The van der Waals surface area contributed by atoms with Crippen molar-refractivity contribution in [2.24, 2.45) is 0 Å². The average molecular weight is 166 g/mol. The lowest BCUT2D eigenvalue weighted by Crippen LogP contribution is -1.93. The van der Waals surface area contributed by atoms with E-state index in [1.807, 2.05) is 6.08 Å². The molecule has 1 rings (SSSR count). The first-order valence-corrected chi connectivity index (χ1v) is 4.77. The molecule has 0 aliphatic heterocycles. The summed E-state index contributed by atoms with van der Waals surface area (Å²) in [7, 11) is 0. The predicted molar refractivity (Wildman–Crippen MR) is 52.0 cm³/mol. The molecule has 1 heteroatoms. The van der Waals surface area contributed by atoms with Gasteiger partial charge in [0, 0.05) is 0 Å². The van der Waals surface area contributed by atoms with E-state index < -0.39 is 0 Å². The van der Waals surface area contributed by atoms with Crippen molar-refractivity contribution in [1.29, 1.82) is 0 Å². The van der Waals surface area contributed by atoms with Gasteiger partial charge in [-0.05, 0) is 39.0 Å². The van der Waals surface area contributed by atoms with Crippen LogP contribution in [0.5, 0.6) is 0 Å². The molecule has 0 saturated carbocycles. The third-order valence-corrected chi connectivity index (χ3v) is 2.33. The molecule has 0 heterocycles. The molecule has 0 spiro atoms. The van der Waals surface area contributed by atoms with Gasteiger partial charge in [-0.15, -0.1) is 0 Å². The van der Waals surface area contributed by atoms with E-state index in [0.717, 1.165) is 6.42 Å². The molecule has 0 aromatic carbocycles. The van der Waals surface area contributed by atoms with Gasteiger partial charge in [0.2, 0.25) is 0 Å². The van der Waals surface area contributed by atoms with Crippen LogP contribution in [0.25, 0.3) is 0 Å². The Morgan fingerprint density at radius 1 is 1.58 bits per heavy atom. The van der Waals surface area contributed by atoms with Crippen molar-refractivity contribution < 1.29 is 5.11 Å². The van der Waals surface area contributed by atoms with Gasteiger partial charge in [-0.3, -0.25) is 0 Å². The molecule has 0 unspecified atom stereocenters. The van der Waals surface area contributed by atoms with E-state index in [2.05, 4.69) is 13.0 Å². The molecule has 0 amide bonds. The van der Waals surface area contributed by atoms with Gasteiger partial charge in [-0.2, -0.15) is 0 Å². The summed E-state index contributed by atoms with van der Waals surface area (Å²) in [6, 6.07) is 0. The average Bonchev–Trinajstić information content (AvgIpc) is 2.06. The lowest BCUT2D eigenvalue weighted by molar-refractivity contribution is 0.341. The maximum atomic E-state index is 8.67. The highest BCUT2D eigenvalue weighted by atomic mass is 16.2. The van der Waals surface area contributed by atoms with E-state index in [9.17, 15) is 0 Å². The zero-order valence-electron chi connectivity index (χ0n) is 7.84. The van der Waals surface area contributed by atoms with E-state index >= 15 is 0 Å². The van der Waals surface area contributed by atoms with Crippen LogP contribution in [-0.2, 0) is 0 Å². The van der Waals surface area contributed by atoms with Crippen molar-refractivity contribution in [1.82, 2.24) is 0 Å². The number of allylic oxidation sites excluding steroid dienone is 3. The molecular weight excluding hydrogens is 148 g/mol. The van der Waals surface area contributed by atoms with Crippen molar-refractivity contribution in [3.05, 3.63) is 23.3 Å². The second-order valence-corrected chi connectivity index (χ2v) is 3.52. The number of rotatable bonds is 3. The summed E-state index contributed by atoms with van der Waals surface area (Å²) < 4.78 is 0. The minimum absolute atomic E-state index is 0.180. The highest BCUT2D eigenvalue weighted by Gasteiger charge is 2.03. The molecule has 0 saturated heterocycles. The monoisotopic (exact) mass is 166 g/mol. The molecule has 0 aromatic heterocycles. The first kappa shape index (κ1) is 9.53. The molecule has 1 nitrogen and oxygen atoms in total. The second-order valence-electron chi connectivity index (χ2n) is 3.52. The summed E-state index contributed by atoms with van der Waals surface area (Å²) in [6.45, 7) is 2.27. The Hall–Kier alpha value is -0.560. The highest BCUT2D eigenvalue weighted by Crippen LogP contribution is 2.22. The zero-order chi connectivity index (χ0) is 8.81. The topological polar surface area (TPSA) is 20.2 Å². The van der Waals surface area contributed by atoms with Crippen molar-refractivity contribution >= 4 is 0 Å². The standard InChI is InChI=1S/C11H18O/c1-10(7-8-12)9-11-5-3-2-4-6-11/h5,7,12H,2-4,6,8-9H2,1H3/b10-7+. The Kier molecular flexibility index (Phi) is 4.09. The Labute approximate surface area is 74.8 Å². The fraction of sp³-hybridized carbons (Fsp3) is 0.636. The van der Waals surface area contributed by atoms with Crippen LogP contribution in [0, 0.1) is 0 Å². The number of aliphatic hydroxyl groups excluding tert-OH is 1. The highest BCUT2D eigenvalue weighted by molar-refractivity contribution is 5.15. The van der Waals surface area contributed by atoms with E-state index in [4.69, 9.17) is 5.11 Å². The van der Waals surface area contributed by atoms with Crippen LogP contribution in [0.3, 0.4) is 0 Å². The molecule has 0 bridgehead atoms. The van der Waals surface area contributed by atoms with Gasteiger partial charge in [-0.1, -0.05) is 23.3 Å². The summed E-state index contributed by atoms with van der Waals surface area (Å²) in [5.41, 5.74) is 2.86. The van der Waals surface area contributed by atoms with Crippen LogP contribution in [0.15, 0.2) is 23.3 Å². The number of hydrogen-bond acceptors (Lipinski definition) is 1. The molecule has 0 radical (unpaired) electrons. The van der Waals surface area contributed by atoms with Crippen LogP contribution < -0.4 is 0 Å². The first-order chi connectivity index (χ1) is 5.83. The van der Waals surface area contributed by atoms with Gasteiger partial charge >= 0.3 is 0 Å². The van der Waals surface area contributed by atoms with Gasteiger partial charge in [0.05, 0.1) is 6.61 Å². The normalized spacial score (nSPS) is 19.2. The van der Waals surface area contributed by atoms with Crippen molar-refractivity contribution in [2.45, 2.75) is 39.0 Å². The summed E-state index contributed by atoms with van der Waals surface area (Å²) >= 11 is 0. The molecule has 68 valence electrons. The van der Waals surface area contributed by atoms with Crippen LogP contribution in [0.2, 0.25) is 0 Å². The van der Waals surface area contributed by atoms with E-state index in [-0.39, 0.29) is 6.61 Å². The van der Waals surface area contributed by atoms with E-state index in [1.165, 1.54) is 31.3 Å². The van der Waals surface area contributed by atoms with Crippen molar-refractivity contribution in [2.75, 3.05) is 6.61 Å². The van der Waals surface area contributed by atoms with Crippen molar-refractivity contribution in [3.63, 3.8) is 0 Å². The molecule has 0 aromatic rings. The molecular formula is C11H18O. The van der Waals surface area contributed by atoms with Gasteiger partial charge in [-0.25, -0.2) is 0 Å². The molecule has 0 fully saturated rings. The smallest absolute Gasteiger partial charge is 0.0615 e. The lowest BCUT2D eigenvalue weighted by Gasteiger charge is -2.12. The zero-order valence-corrected chi connectivity index (χ0v) is 7.84. The maximum absolute atomic E-state index is 8.67. The maximum Gasteiger partial charge on any atom is 0.0615 e. The predicted octanol–water partition coefficient (Wildman–Crippen LogP) is 2.82.